The van der Waals surface area contributed by atoms with Crippen molar-refractivity contribution in [3.05, 3.63) is 0 Å². The van der Waals surface area contributed by atoms with Gasteiger partial charge in [0.25, 0.3) is 0 Å². The van der Waals surface area contributed by atoms with E-state index in [1.807, 2.05) is 0 Å². The quantitative estimate of drug-likeness (QED) is 0.777. The van der Waals surface area contributed by atoms with Gasteiger partial charge in [0, 0.05) is 0 Å². The minimum absolute atomic E-state index is 0.225. The third-order valence-electron chi connectivity index (χ3n) is 1.89. The minimum atomic E-state index is -5.65. The van der Waals surface area contributed by atoms with E-state index in [4.69, 9.17) is 5.11 Å². The Bertz CT molecular complexity index is 364. The molecular weight excluding hydrogens is 251 g/mol. The van der Waals surface area contributed by atoms with Gasteiger partial charge in [0.1, 0.15) is 5.54 Å². The second kappa shape index (κ2) is 4.58. The summed E-state index contributed by atoms with van der Waals surface area (Å²) < 4.78 is 58.7. The number of rotatable bonds is 5. The van der Waals surface area contributed by atoms with E-state index in [2.05, 4.69) is 0 Å². The number of alkyl halides is 3. The average molecular weight is 263 g/mol. The highest BCUT2D eigenvalue weighted by molar-refractivity contribution is 7.90. The Balaban J connectivity index is 5.14. The summed E-state index contributed by atoms with van der Waals surface area (Å²) in [6.07, 6.45) is -0.0131. The van der Waals surface area contributed by atoms with E-state index in [0.717, 1.165) is 11.6 Å². The van der Waals surface area contributed by atoms with Crippen molar-refractivity contribution in [2.24, 2.45) is 0 Å². The number of halogens is 3. The lowest BCUT2D eigenvalue weighted by atomic mass is 9.98. The van der Waals surface area contributed by atoms with Gasteiger partial charge in [-0.1, -0.05) is 13.3 Å². The van der Waals surface area contributed by atoms with Crippen molar-refractivity contribution in [2.75, 3.05) is 0 Å². The van der Waals surface area contributed by atoms with Gasteiger partial charge in [0.2, 0.25) is 0 Å². The van der Waals surface area contributed by atoms with Crippen LogP contribution in [0.1, 0.15) is 26.7 Å². The smallest absolute Gasteiger partial charge is 0.480 e. The molecule has 0 rings (SSSR count). The van der Waals surface area contributed by atoms with Crippen molar-refractivity contribution in [1.29, 1.82) is 0 Å². The van der Waals surface area contributed by atoms with Gasteiger partial charge in [-0.05, 0) is 13.3 Å². The first-order chi connectivity index (χ1) is 6.96. The topological polar surface area (TPSA) is 83.5 Å². The van der Waals surface area contributed by atoms with Crippen LogP contribution in [0.4, 0.5) is 13.2 Å². The fourth-order valence-corrected chi connectivity index (χ4v) is 1.95. The molecule has 0 aromatic rings. The van der Waals surface area contributed by atoms with Gasteiger partial charge in [-0.25, -0.2) is 8.42 Å². The molecule has 0 spiro atoms. The summed E-state index contributed by atoms with van der Waals surface area (Å²) >= 11 is 0. The molecule has 0 heterocycles. The highest BCUT2D eigenvalue weighted by Gasteiger charge is 2.50. The van der Waals surface area contributed by atoms with Crippen molar-refractivity contribution in [1.82, 2.24) is 4.72 Å². The predicted octanol–water partition coefficient (Wildman–Crippen LogP) is 1.07. The van der Waals surface area contributed by atoms with Crippen LogP contribution in [0.25, 0.3) is 0 Å². The van der Waals surface area contributed by atoms with E-state index < -0.39 is 27.0 Å². The van der Waals surface area contributed by atoms with Gasteiger partial charge in [-0.2, -0.15) is 17.9 Å². The predicted molar refractivity (Wildman–Crippen MR) is 49.1 cm³/mol. The second-order valence-corrected chi connectivity index (χ2v) is 5.11. The number of sulfonamides is 1. The first kappa shape index (κ1) is 15.2. The van der Waals surface area contributed by atoms with Crippen LogP contribution in [-0.2, 0) is 14.8 Å². The maximum absolute atomic E-state index is 12.0. The van der Waals surface area contributed by atoms with E-state index in [9.17, 15) is 26.4 Å². The molecule has 9 heteroatoms. The summed E-state index contributed by atoms with van der Waals surface area (Å²) in [5.74, 6) is -1.65. The first-order valence-corrected chi connectivity index (χ1v) is 5.78. The molecule has 96 valence electrons. The minimum Gasteiger partial charge on any atom is -0.480 e. The number of hydrogen-bond acceptors (Lipinski definition) is 3. The number of hydrogen-bond donors (Lipinski definition) is 2. The summed E-state index contributed by atoms with van der Waals surface area (Å²) in [4.78, 5) is 10.7. The number of carboxylic acids is 1. The number of carbonyl (C=O) groups is 1. The maximum atomic E-state index is 12.0. The molecule has 0 amide bonds. The lowest BCUT2D eigenvalue weighted by molar-refractivity contribution is -0.143. The summed E-state index contributed by atoms with van der Waals surface area (Å²) in [6, 6.07) is 0. The zero-order chi connectivity index (χ0) is 13.2. The molecule has 0 bridgehead atoms. The van der Waals surface area contributed by atoms with E-state index in [-0.39, 0.29) is 12.8 Å². The Morgan fingerprint density at radius 1 is 1.38 bits per heavy atom. The van der Waals surface area contributed by atoms with E-state index in [0.29, 0.717) is 0 Å². The Labute approximate surface area is 90.7 Å². The fraction of sp³-hybridized carbons (Fsp3) is 0.857. The van der Waals surface area contributed by atoms with Gasteiger partial charge in [-0.3, -0.25) is 4.79 Å². The van der Waals surface area contributed by atoms with E-state index in [1.165, 1.54) is 6.92 Å². The lowest BCUT2D eigenvalue weighted by Gasteiger charge is -2.25. The monoisotopic (exact) mass is 263 g/mol. The third kappa shape index (κ3) is 3.34. The molecule has 0 aliphatic heterocycles. The van der Waals surface area contributed by atoms with Crippen molar-refractivity contribution in [3.8, 4) is 0 Å². The molecule has 0 saturated carbocycles. The van der Waals surface area contributed by atoms with E-state index in [1.54, 1.807) is 0 Å². The maximum Gasteiger partial charge on any atom is 0.511 e. The molecule has 0 aliphatic carbocycles. The van der Waals surface area contributed by atoms with Crippen LogP contribution in [0.5, 0.6) is 0 Å². The molecule has 1 atom stereocenters. The average Bonchev–Trinajstić information content (AvgIpc) is 2.00. The fourth-order valence-electron chi connectivity index (χ4n) is 1.06. The van der Waals surface area contributed by atoms with Crippen LogP contribution in [0.15, 0.2) is 0 Å². The zero-order valence-corrected chi connectivity index (χ0v) is 9.44. The van der Waals surface area contributed by atoms with Crippen molar-refractivity contribution >= 4 is 16.0 Å². The van der Waals surface area contributed by atoms with Crippen molar-refractivity contribution in [2.45, 2.75) is 37.7 Å². The summed E-state index contributed by atoms with van der Waals surface area (Å²) in [5.41, 5.74) is -7.67. The van der Waals surface area contributed by atoms with Gasteiger partial charge < -0.3 is 5.11 Å². The number of nitrogens with one attached hydrogen (secondary N) is 1. The van der Waals surface area contributed by atoms with Gasteiger partial charge in [0.05, 0.1) is 0 Å². The molecule has 0 aliphatic rings. The zero-order valence-electron chi connectivity index (χ0n) is 8.63. The summed E-state index contributed by atoms with van der Waals surface area (Å²) in [6.45, 7) is 2.42. The highest BCUT2D eigenvalue weighted by atomic mass is 32.2. The van der Waals surface area contributed by atoms with E-state index >= 15 is 0 Å². The highest BCUT2D eigenvalue weighted by Crippen LogP contribution is 2.25. The number of carboxylic acid groups (broad SMARTS) is 1. The summed E-state index contributed by atoms with van der Waals surface area (Å²) in [7, 11) is -5.65. The molecule has 0 fully saturated rings. The third-order valence-corrected chi connectivity index (χ3v) is 3.22. The standard InChI is InChI=1S/C7H12F3NO4S/c1-3-4-6(2,5(12)13)11-16(14,15)7(8,9)10/h11H,3-4H2,1-2H3,(H,12,13). The summed E-state index contributed by atoms with van der Waals surface area (Å²) in [5, 5.41) is 8.70. The normalized spacial score (nSPS) is 16.8. The van der Waals surface area contributed by atoms with Gasteiger partial charge in [-0.15, -0.1) is 0 Å². The van der Waals surface area contributed by atoms with Crippen molar-refractivity contribution in [3.63, 3.8) is 0 Å². The lowest BCUT2D eigenvalue weighted by Crippen LogP contribution is -2.55. The molecule has 0 aromatic heterocycles. The van der Waals surface area contributed by atoms with Crippen LogP contribution < -0.4 is 4.72 Å². The molecule has 1 unspecified atom stereocenters. The Morgan fingerprint density at radius 3 is 2.06 bits per heavy atom. The SMILES string of the molecule is CCCC(C)(NS(=O)(=O)C(F)(F)F)C(=O)O. The molecular formula is C7H12F3NO4S. The largest absolute Gasteiger partial charge is 0.511 e. The van der Waals surface area contributed by atoms with Crippen LogP contribution in [0, 0.1) is 0 Å². The van der Waals surface area contributed by atoms with Crippen LogP contribution >= 0.6 is 0 Å². The molecule has 0 saturated heterocycles. The molecule has 5 nitrogen and oxygen atoms in total. The molecule has 0 radical (unpaired) electrons. The van der Waals surface area contributed by atoms with Gasteiger partial charge in [0.15, 0.2) is 0 Å². The van der Waals surface area contributed by atoms with Crippen LogP contribution in [0.3, 0.4) is 0 Å². The van der Waals surface area contributed by atoms with Crippen LogP contribution in [0.2, 0.25) is 0 Å². The number of aliphatic carboxylic acids is 1. The second-order valence-electron chi connectivity index (χ2n) is 3.44. The molecule has 16 heavy (non-hydrogen) atoms. The Morgan fingerprint density at radius 2 is 1.81 bits per heavy atom. The molecule has 0 aromatic carbocycles. The first-order valence-electron chi connectivity index (χ1n) is 4.30. The Hall–Kier alpha value is -0.830. The van der Waals surface area contributed by atoms with Gasteiger partial charge >= 0.3 is 21.5 Å². The Kier molecular flexibility index (Phi) is 4.34. The van der Waals surface area contributed by atoms with Crippen molar-refractivity contribution < 1.29 is 31.5 Å². The van der Waals surface area contributed by atoms with Crippen LogP contribution in [-0.4, -0.2) is 30.5 Å². The molecule has 2 N–H and O–H groups in total.